The highest BCUT2D eigenvalue weighted by Crippen LogP contribution is 2.39. The molecule has 1 heterocycles. The molecule has 0 fully saturated rings. The molecule has 0 aliphatic heterocycles. The zero-order chi connectivity index (χ0) is 26.5. The van der Waals surface area contributed by atoms with Gasteiger partial charge in [-0.2, -0.15) is 0 Å². The lowest BCUT2D eigenvalue weighted by molar-refractivity contribution is -0.115. The van der Waals surface area contributed by atoms with E-state index < -0.39 is 11.8 Å². The summed E-state index contributed by atoms with van der Waals surface area (Å²) < 4.78 is 12.9. The van der Waals surface area contributed by atoms with Crippen molar-refractivity contribution in [3.63, 3.8) is 0 Å². The summed E-state index contributed by atoms with van der Waals surface area (Å²) in [6.07, 6.45) is 1.46. The first-order valence-corrected chi connectivity index (χ1v) is 11.8. The van der Waals surface area contributed by atoms with Crippen LogP contribution in [0.15, 0.2) is 87.1 Å². The minimum atomic E-state index is -0.814. The van der Waals surface area contributed by atoms with Crippen molar-refractivity contribution in [3.8, 4) is 17.4 Å². The summed E-state index contributed by atoms with van der Waals surface area (Å²) in [7, 11) is 4.69. The third kappa shape index (κ3) is 5.54. The van der Waals surface area contributed by atoms with Crippen molar-refractivity contribution in [2.24, 2.45) is 17.3 Å². The number of nitrogens with zero attached hydrogens (tertiary/aromatic N) is 3. The summed E-state index contributed by atoms with van der Waals surface area (Å²) in [5.74, 6) is -0.495. The van der Waals surface area contributed by atoms with Crippen LogP contribution in [0.3, 0.4) is 0 Å². The predicted octanol–water partition coefficient (Wildman–Crippen LogP) is 5.75. The number of aromatic hydroxyl groups is 1. The Morgan fingerprint density at radius 1 is 1.00 bits per heavy atom. The van der Waals surface area contributed by atoms with Crippen LogP contribution in [0.1, 0.15) is 15.9 Å². The molecule has 9 nitrogen and oxygen atoms in total. The van der Waals surface area contributed by atoms with Gasteiger partial charge in [-0.1, -0.05) is 40.2 Å². The molecule has 2 N–H and O–H groups in total. The molecule has 4 aromatic rings. The van der Waals surface area contributed by atoms with Gasteiger partial charge in [0, 0.05) is 22.5 Å². The molecule has 10 heteroatoms. The van der Waals surface area contributed by atoms with E-state index in [2.05, 4.69) is 31.5 Å². The molecule has 1 aromatic heterocycles. The van der Waals surface area contributed by atoms with E-state index in [1.165, 1.54) is 24.9 Å². The summed E-state index contributed by atoms with van der Waals surface area (Å²) >= 11 is 3.41. The van der Waals surface area contributed by atoms with Crippen LogP contribution in [0.25, 0.3) is 17.0 Å². The second-order valence-electron chi connectivity index (χ2n) is 7.89. The number of ether oxygens (including phenoxy) is 2. The molecule has 37 heavy (non-hydrogen) atoms. The van der Waals surface area contributed by atoms with Gasteiger partial charge in [-0.05, 0) is 54.1 Å². The molecule has 2 amide bonds. The number of hydrogen-bond acceptors (Lipinski definition) is 6. The Balaban J connectivity index is 1.73. The summed E-state index contributed by atoms with van der Waals surface area (Å²) in [6.45, 7) is 0. The van der Waals surface area contributed by atoms with Gasteiger partial charge < -0.3 is 24.5 Å². The number of halogens is 1. The Kier molecular flexibility index (Phi) is 7.69. The average molecular weight is 563 g/mol. The quantitative estimate of drug-likeness (QED) is 0.220. The van der Waals surface area contributed by atoms with Crippen LogP contribution in [0.2, 0.25) is 0 Å². The van der Waals surface area contributed by atoms with E-state index in [1.54, 1.807) is 61.6 Å². The first kappa shape index (κ1) is 25.6. The summed E-state index contributed by atoms with van der Waals surface area (Å²) in [5, 5.41) is 21.7. The zero-order valence-corrected chi connectivity index (χ0v) is 21.8. The number of benzene rings is 3. The average Bonchev–Trinajstić information content (AvgIpc) is 3.15. The number of azo groups is 1. The molecule has 0 saturated heterocycles. The maximum Gasteiger partial charge on any atom is 0.311 e. The van der Waals surface area contributed by atoms with Gasteiger partial charge in [-0.15, -0.1) is 10.2 Å². The molecule has 0 radical (unpaired) electrons. The maximum atomic E-state index is 13.2. The molecular formula is C27H23BrN4O5. The Hall–Kier alpha value is -4.44. The number of methoxy groups -OCH3 is 2. The number of fused-ring (bicyclic) bond motifs is 1. The van der Waals surface area contributed by atoms with Crippen molar-refractivity contribution in [3.05, 3.63) is 88.0 Å². The van der Waals surface area contributed by atoms with Gasteiger partial charge >= 0.3 is 5.91 Å². The maximum absolute atomic E-state index is 13.2. The third-order valence-electron chi connectivity index (χ3n) is 5.58. The summed E-state index contributed by atoms with van der Waals surface area (Å²) in [5.41, 5.74) is 1.64. The fourth-order valence-corrected chi connectivity index (χ4v) is 4.04. The normalized spacial score (nSPS) is 11.6. The van der Waals surface area contributed by atoms with Crippen LogP contribution >= 0.6 is 15.9 Å². The van der Waals surface area contributed by atoms with Crippen LogP contribution in [-0.4, -0.2) is 35.7 Å². The van der Waals surface area contributed by atoms with Crippen LogP contribution in [0.5, 0.6) is 17.4 Å². The van der Waals surface area contributed by atoms with Gasteiger partial charge in [-0.3, -0.25) is 9.59 Å². The number of carbonyl (C=O) groups excluding carboxylic acids is 2. The van der Waals surface area contributed by atoms with Crippen molar-refractivity contribution in [1.29, 1.82) is 0 Å². The minimum absolute atomic E-state index is 0.120. The van der Waals surface area contributed by atoms with Gasteiger partial charge in [0.1, 0.15) is 5.70 Å². The Labute approximate surface area is 221 Å². The van der Waals surface area contributed by atoms with E-state index >= 15 is 0 Å². The van der Waals surface area contributed by atoms with Gasteiger partial charge in [0.25, 0.3) is 5.91 Å². The highest BCUT2D eigenvalue weighted by molar-refractivity contribution is 9.10. The number of aromatic nitrogens is 1. The Bertz CT molecular complexity index is 1540. The lowest BCUT2D eigenvalue weighted by Gasteiger charge is -2.10. The molecular weight excluding hydrogens is 540 g/mol. The van der Waals surface area contributed by atoms with Crippen molar-refractivity contribution >= 4 is 50.4 Å². The molecule has 0 aliphatic rings. The first-order valence-electron chi connectivity index (χ1n) is 11.1. The molecule has 4 rings (SSSR count). The monoisotopic (exact) mass is 562 g/mol. The lowest BCUT2D eigenvalue weighted by Crippen LogP contribution is -2.26. The molecule has 3 aromatic carbocycles. The van der Waals surface area contributed by atoms with E-state index in [4.69, 9.17) is 9.47 Å². The minimum Gasteiger partial charge on any atom is -0.493 e. The third-order valence-corrected chi connectivity index (χ3v) is 6.07. The fraction of sp³-hybridized carbons (Fsp3) is 0.111. The Morgan fingerprint density at radius 2 is 1.73 bits per heavy atom. The topological polar surface area (TPSA) is 115 Å². The van der Waals surface area contributed by atoms with Crippen molar-refractivity contribution in [2.45, 2.75) is 0 Å². The number of rotatable bonds is 7. The number of hydrogen-bond donors (Lipinski definition) is 2. The number of carbonyl (C=O) groups is 2. The van der Waals surface area contributed by atoms with E-state index in [-0.39, 0.29) is 17.3 Å². The fourth-order valence-electron chi connectivity index (χ4n) is 3.68. The molecule has 0 unspecified atom stereocenters. The molecule has 0 spiro atoms. The van der Waals surface area contributed by atoms with E-state index in [0.717, 1.165) is 4.47 Å². The highest BCUT2D eigenvalue weighted by atomic mass is 79.9. The molecule has 0 atom stereocenters. The summed E-state index contributed by atoms with van der Waals surface area (Å²) in [6, 6.07) is 18.9. The lowest BCUT2D eigenvalue weighted by atomic mass is 10.1. The van der Waals surface area contributed by atoms with Crippen molar-refractivity contribution in [1.82, 2.24) is 9.88 Å². The van der Waals surface area contributed by atoms with Crippen LogP contribution in [0, 0.1) is 0 Å². The van der Waals surface area contributed by atoms with Crippen molar-refractivity contribution < 1.29 is 24.2 Å². The highest BCUT2D eigenvalue weighted by Gasteiger charge is 2.18. The largest absolute Gasteiger partial charge is 0.493 e. The first-order chi connectivity index (χ1) is 17.8. The summed E-state index contributed by atoms with van der Waals surface area (Å²) in [4.78, 5) is 26.0. The number of aryl methyl sites for hydroxylation is 1. The second-order valence-corrected chi connectivity index (χ2v) is 8.81. The van der Waals surface area contributed by atoms with Crippen LogP contribution in [-0.2, 0) is 11.8 Å². The van der Waals surface area contributed by atoms with E-state index in [9.17, 15) is 14.7 Å². The molecule has 0 bridgehead atoms. The molecule has 0 saturated carbocycles. The van der Waals surface area contributed by atoms with Gasteiger partial charge in [0.2, 0.25) is 5.88 Å². The van der Waals surface area contributed by atoms with Crippen LogP contribution in [0.4, 0.5) is 5.69 Å². The number of amides is 2. The standard InChI is InChI=1S/C27H23BrN4O5/c1-32-21-11-10-18(28)15-19(21)24(27(32)35)30-31-26(34)20(29-25(33)17-7-5-4-6-8-17)13-16-9-12-22(36-2)23(14-16)37-3/h4-15,35H,1-3H3,(H,29,33)/b20-13+,31-30?. The smallest absolute Gasteiger partial charge is 0.311 e. The van der Waals surface area contributed by atoms with Gasteiger partial charge in [-0.25, -0.2) is 0 Å². The van der Waals surface area contributed by atoms with Gasteiger partial charge in [0.05, 0.1) is 19.7 Å². The van der Waals surface area contributed by atoms with Gasteiger partial charge in [0.15, 0.2) is 17.2 Å². The zero-order valence-electron chi connectivity index (χ0n) is 20.2. The van der Waals surface area contributed by atoms with E-state index in [0.29, 0.717) is 33.5 Å². The SMILES string of the molecule is COc1ccc(/C=C(/NC(=O)c2ccccc2)C(=O)N=Nc2c(O)n(C)c3ccc(Br)cc23)cc1OC. The molecule has 0 aliphatic carbocycles. The Morgan fingerprint density at radius 3 is 2.43 bits per heavy atom. The predicted molar refractivity (Wildman–Crippen MR) is 143 cm³/mol. The molecule has 188 valence electrons. The number of nitrogens with one attached hydrogen (secondary N) is 1. The second kappa shape index (κ2) is 11.1. The van der Waals surface area contributed by atoms with Crippen molar-refractivity contribution in [2.75, 3.05) is 14.2 Å². The van der Waals surface area contributed by atoms with Crippen LogP contribution < -0.4 is 14.8 Å². The van der Waals surface area contributed by atoms with E-state index in [1.807, 2.05) is 12.1 Å².